The average Bonchev–Trinajstić information content (AvgIpc) is 3.31. The fraction of sp³-hybridized carbons (Fsp3) is 0.500. The molecule has 1 saturated heterocycles. The summed E-state index contributed by atoms with van der Waals surface area (Å²) in [4.78, 5) is 17.1. The number of carbonyl (C=O) groups excluding carboxylic acids is 1. The summed E-state index contributed by atoms with van der Waals surface area (Å²) in [6.45, 7) is 0.839. The zero-order valence-electron chi connectivity index (χ0n) is 16.1. The van der Waals surface area contributed by atoms with E-state index in [1.165, 1.54) is 12.1 Å². The maximum absolute atomic E-state index is 13.2. The van der Waals surface area contributed by atoms with Crippen LogP contribution in [0.4, 0.5) is 9.52 Å². The molecule has 4 rings (SSSR count). The molecule has 1 aromatic carbocycles. The van der Waals surface area contributed by atoms with Crippen LogP contribution >= 0.6 is 11.3 Å². The van der Waals surface area contributed by atoms with Crippen LogP contribution in [-0.2, 0) is 19.4 Å². The van der Waals surface area contributed by atoms with Crippen LogP contribution in [0.3, 0.4) is 0 Å². The number of sulfone groups is 1. The molecule has 2 aliphatic rings. The Bertz CT molecular complexity index is 990. The summed E-state index contributed by atoms with van der Waals surface area (Å²) in [7, 11) is -3.31. The molecule has 0 radical (unpaired) electrons. The lowest BCUT2D eigenvalue weighted by atomic mass is 9.76. The molecule has 1 saturated carbocycles. The van der Waals surface area contributed by atoms with Gasteiger partial charge in [-0.25, -0.2) is 13.4 Å². The molecule has 0 unspecified atom stereocenters. The Hall–Kier alpha value is -1.84. The van der Waals surface area contributed by atoms with Gasteiger partial charge in [-0.1, -0.05) is 23.5 Å². The number of rotatable bonds is 6. The standard InChI is InChI=1S/C20H23FN2O4S2/c1-29(25,26)15-4-2-14(3-5-15)16(18(24)23-19-22-11-17(21)28-19)10-13-6-8-20(9-7-13)12-27-20/h2-5,11,13,16H,6-10,12H2,1H3,(H,22,23,24)/t13?,16-,20?/m1/s1. The number of halogens is 1. The largest absolute Gasteiger partial charge is 0.370 e. The van der Waals surface area contributed by atoms with E-state index in [0.717, 1.165) is 61.6 Å². The van der Waals surface area contributed by atoms with Crippen molar-refractivity contribution in [2.24, 2.45) is 5.92 Å². The predicted molar refractivity (Wildman–Crippen MR) is 108 cm³/mol. The summed E-state index contributed by atoms with van der Waals surface area (Å²) >= 11 is 0.783. The number of nitrogens with zero attached hydrogens (tertiary/aromatic N) is 1. The maximum Gasteiger partial charge on any atom is 0.233 e. The highest BCUT2D eigenvalue weighted by Gasteiger charge is 2.47. The monoisotopic (exact) mass is 438 g/mol. The van der Waals surface area contributed by atoms with Gasteiger partial charge >= 0.3 is 0 Å². The Balaban J connectivity index is 1.53. The zero-order valence-corrected chi connectivity index (χ0v) is 17.7. The van der Waals surface area contributed by atoms with E-state index in [1.807, 2.05) is 0 Å². The van der Waals surface area contributed by atoms with Crippen LogP contribution in [0.25, 0.3) is 0 Å². The average molecular weight is 439 g/mol. The van der Waals surface area contributed by atoms with E-state index in [4.69, 9.17) is 4.74 Å². The van der Waals surface area contributed by atoms with E-state index >= 15 is 0 Å². The van der Waals surface area contributed by atoms with Gasteiger partial charge in [-0.15, -0.1) is 0 Å². The second-order valence-corrected chi connectivity index (χ2v) is 11.0. The molecule has 1 aliphatic heterocycles. The molecule has 1 aromatic heterocycles. The first-order chi connectivity index (χ1) is 13.7. The normalized spacial score (nSPS) is 25.0. The van der Waals surface area contributed by atoms with E-state index in [-0.39, 0.29) is 21.5 Å². The number of anilines is 1. The van der Waals surface area contributed by atoms with E-state index in [0.29, 0.717) is 12.3 Å². The SMILES string of the molecule is CS(=O)(=O)c1ccc([C@@H](CC2CCC3(CC2)CO3)C(=O)Nc2ncc(F)s2)cc1. The number of aromatic nitrogens is 1. The van der Waals surface area contributed by atoms with E-state index < -0.39 is 20.9 Å². The summed E-state index contributed by atoms with van der Waals surface area (Å²) < 4.78 is 42.3. The summed E-state index contributed by atoms with van der Waals surface area (Å²) in [6, 6.07) is 6.44. The quantitative estimate of drug-likeness (QED) is 0.694. The molecule has 156 valence electrons. The van der Waals surface area contributed by atoms with Crippen LogP contribution in [-0.4, -0.2) is 37.8 Å². The highest BCUT2D eigenvalue weighted by Crippen LogP contribution is 2.46. The van der Waals surface area contributed by atoms with Crippen LogP contribution in [0.15, 0.2) is 35.4 Å². The minimum atomic E-state index is -3.31. The third kappa shape index (κ3) is 4.84. The van der Waals surface area contributed by atoms with Gasteiger partial charge in [0, 0.05) is 6.26 Å². The zero-order chi connectivity index (χ0) is 20.6. The topological polar surface area (TPSA) is 88.7 Å². The second kappa shape index (κ2) is 7.77. The van der Waals surface area contributed by atoms with Crippen LogP contribution in [0, 0.1) is 11.0 Å². The van der Waals surface area contributed by atoms with Gasteiger partial charge in [0.1, 0.15) is 0 Å². The fourth-order valence-electron chi connectivity index (χ4n) is 4.01. The molecule has 1 spiro atoms. The van der Waals surface area contributed by atoms with Gasteiger partial charge in [-0.3, -0.25) is 4.79 Å². The number of amides is 1. The van der Waals surface area contributed by atoms with Gasteiger partial charge < -0.3 is 10.1 Å². The summed E-state index contributed by atoms with van der Waals surface area (Å²) in [6.07, 6.45) is 6.89. The third-order valence-electron chi connectivity index (χ3n) is 5.87. The van der Waals surface area contributed by atoms with Crippen molar-refractivity contribution in [1.82, 2.24) is 4.98 Å². The van der Waals surface area contributed by atoms with Gasteiger partial charge in [0.25, 0.3) is 0 Å². The van der Waals surface area contributed by atoms with Crippen molar-refractivity contribution in [1.29, 1.82) is 0 Å². The van der Waals surface area contributed by atoms with Crippen LogP contribution < -0.4 is 5.32 Å². The summed E-state index contributed by atoms with van der Waals surface area (Å²) in [5.74, 6) is -0.340. The minimum absolute atomic E-state index is 0.0871. The van der Waals surface area contributed by atoms with Crippen LogP contribution in [0.1, 0.15) is 43.6 Å². The molecule has 0 bridgehead atoms. The Morgan fingerprint density at radius 3 is 2.52 bits per heavy atom. The van der Waals surface area contributed by atoms with Gasteiger partial charge in [-0.2, -0.15) is 4.39 Å². The minimum Gasteiger partial charge on any atom is -0.370 e. The Labute approximate surface area is 173 Å². The lowest BCUT2D eigenvalue weighted by Gasteiger charge is -2.29. The van der Waals surface area contributed by atoms with E-state index in [2.05, 4.69) is 10.3 Å². The molecule has 29 heavy (non-hydrogen) atoms. The van der Waals surface area contributed by atoms with E-state index in [1.54, 1.807) is 12.1 Å². The number of nitrogens with one attached hydrogen (secondary N) is 1. The maximum atomic E-state index is 13.2. The highest BCUT2D eigenvalue weighted by molar-refractivity contribution is 7.90. The molecule has 9 heteroatoms. The molecular weight excluding hydrogens is 415 g/mol. The van der Waals surface area contributed by atoms with Crippen molar-refractivity contribution in [3.8, 4) is 0 Å². The van der Waals surface area contributed by atoms with E-state index in [9.17, 15) is 17.6 Å². The highest BCUT2D eigenvalue weighted by atomic mass is 32.2. The van der Waals surface area contributed by atoms with Crippen molar-refractivity contribution in [2.75, 3.05) is 18.2 Å². The molecule has 1 amide bonds. The lowest BCUT2D eigenvalue weighted by Crippen LogP contribution is -2.27. The van der Waals surface area contributed by atoms with Crippen molar-refractivity contribution >= 4 is 32.2 Å². The molecule has 1 aliphatic carbocycles. The first kappa shape index (κ1) is 20.4. The van der Waals surface area contributed by atoms with Gasteiger partial charge in [0.15, 0.2) is 20.1 Å². The van der Waals surface area contributed by atoms with Crippen molar-refractivity contribution in [2.45, 2.75) is 48.5 Å². The number of epoxide rings is 1. The van der Waals surface area contributed by atoms with Crippen molar-refractivity contribution in [3.05, 3.63) is 41.2 Å². The first-order valence-corrected chi connectivity index (χ1v) is 12.3. The number of benzene rings is 1. The number of hydrogen-bond donors (Lipinski definition) is 1. The smallest absolute Gasteiger partial charge is 0.233 e. The number of ether oxygens (including phenoxy) is 1. The molecule has 2 heterocycles. The third-order valence-corrected chi connectivity index (χ3v) is 7.70. The summed E-state index contributed by atoms with van der Waals surface area (Å²) in [5, 5.41) is 2.47. The van der Waals surface area contributed by atoms with Gasteiger partial charge in [0.2, 0.25) is 5.91 Å². The fourth-order valence-corrected chi connectivity index (χ4v) is 5.19. The predicted octanol–water partition coefficient (Wildman–Crippen LogP) is 3.76. The first-order valence-electron chi connectivity index (χ1n) is 9.60. The molecule has 1 atom stereocenters. The van der Waals surface area contributed by atoms with Crippen LogP contribution in [0.2, 0.25) is 0 Å². The molecular formula is C20H23FN2O4S2. The second-order valence-electron chi connectivity index (χ2n) is 8.00. The Kier molecular flexibility index (Phi) is 5.48. The number of hydrogen-bond acceptors (Lipinski definition) is 6. The Morgan fingerprint density at radius 2 is 2.00 bits per heavy atom. The van der Waals surface area contributed by atoms with Gasteiger partial charge in [-0.05, 0) is 55.7 Å². The summed E-state index contributed by atoms with van der Waals surface area (Å²) in [5.41, 5.74) is 0.832. The molecule has 1 N–H and O–H groups in total. The van der Waals surface area contributed by atoms with Crippen LogP contribution in [0.5, 0.6) is 0 Å². The molecule has 2 aromatic rings. The Morgan fingerprint density at radius 1 is 1.34 bits per heavy atom. The number of carbonyl (C=O) groups is 1. The van der Waals surface area contributed by atoms with Gasteiger partial charge in [0.05, 0.1) is 29.2 Å². The lowest BCUT2D eigenvalue weighted by molar-refractivity contribution is -0.118. The molecule has 6 nitrogen and oxygen atoms in total. The number of thiazole rings is 1. The van der Waals surface area contributed by atoms with Crippen molar-refractivity contribution in [3.63, 3.8) is 0 Å². The van der Waals surface area contributed by atoms with Crippen molar-refractivity contribution < 1.29 is 22.3 Å². The molecule has 2 fully saturated rings.